The highest BCUT2D eigenvalue weighted by Gasteiger charge is 2.05. The normalized spacial score (nSPS) is 10.1. The number of hydrogen-bond acceptors (Lipinski definition) is 3. The number of ether oxygens (including phenoxy) is 1. The summed E-state index contributed by atoms with van der Waals surface area (Å²) >= 11 is 0. The van der Waals surface area contributed by atoms with E-state index in [2.05, 4.69) is 4.98 Å². The average Bonchev–Trinajstić information content (AvgIpc) is 2.31. The summed E-state index contributed by atoms with van der Waals surface area (Å²) in [7, 11) is 1.59. The SMILES string of the molecule is COc1ccc(N)c(-c2ccc(C)cc2)n1. The van der Waals surface area contributed by atoms with E-state index in [-0.39, 0.29) is 0 Å². The van der Waals surface area contributed by atoms with Crippen molar-refractivity contribution >= 4 is 5.69 Å². The molecule has 82 valence electrons. The third-order valence-electron chi connectivity index (χ3n) is 2.44. The van der Waals surface area contributed by atoms with Crippen LogP contribution in [0, 0.1) is 6.92 Å². The monoisotopic (exact) mass is 214 g/mol. The number of aryl methyl sites for hydroxylation is 1. The molecule has 2 rings (SSSR count). The topological polar surface area (TPSA) is 48.1 Å². The van der Waals surface area contributed by atoms with Gasteiger partial charge in [0.15, 0.2) is 0 Å². The Kier molecular flexibility index (Phi) is 2.77. The first kappa shape index (κ1) is 10.5. The molecule has 0 spiro atoms. The molecular formula is C13H14N2O. The summed E-state index contributed by atoms with van der Waals surface area (Å²) < 4.78 is 5.09. The standard InChI is InChI=1S/C13H14N2O/c1-9-3-5-10(6-4-9)13-11(14)7-8-12(15-13)16-2/h3-8H,14H2,1-2H3. The number of benzene rings is 1. The highest BCUT2D eigenvalue weighted by molar-refractivity contribution is 5.73. The molecular weight excluding hydrogens is 200 g/mol. The van der Waals surface area contributed by atoms with E-state index in [0.29, 0.717) is 11.6 Å². The lowest BCUT2D eigenvalue weighted by Gasteiger charge is -2.07. The molecule has 0 saturated carbocycles. The number of methoxy groups -OCH3 is 1. The van der Waals surface area contributed by atoms with E-state index in [0.717, 1.165) is 11.3 Å². The van der Waals surface area contributed by atoms with Gasteiger partial charge in [-0.15, -0.1) is 0 Å². The summed E-state index contributed by atoms with van der Waals surface area (Å²) in [5, 5.41) is 0. The summed E-state index contributed by atoms with van der Waals surface area (Å²) in [4.78, 5) is 4.34. The maximum absolute atomic E-state index is 5.90. The molecule has 0 amide bonds. The van der Waals surface area contributed by atoms with Gasteiger partial charge in [-0.2, -0.15) is 0 Å². The summed E-state index contributed by atoms with van der Waals surface area (Å²) in [5.41, 5.74) is 9.53. The van der Waals surface area contributed by atoms with Crippen LogP contribution in [0.4, 0.5) is 5.69 Å². The molecule has 0 bridgehead atoms. The third-order valence-corrected chi connectivity index (χ3v) is 2.44. The van der Waals surface area contributed by atoms with Crippen molar-refractivity contribution < 1.29 is 4.74 Å². The molecule has 3 nitrogen and oxygen atoms in total. The number of nitrogen functional groups attached to an aromatic ring is 1. The smallest absolute Gasteiger partial charge is 0.213 e. The van der Waals surface area contributed by atoms with Crippen LogP contribution in [0.3, 0.4) is 0 Å². The van der Waals surface area contributed by atoms with Crippen LogP contribution in [0.1, 0.15) is 5.56 Å². The second kappa shape index (κ2) is 4.23. The van der Waals surface area contributed by atoms with Gasteiger partial charge in [0.2, 0.25) is 5.88 Å². The first-order valence-corrected chi connectivity index (χ1v) is 5.08. The van der Waals surface area contributed by atoms with E-state index in [9.17, 15) is 0 Å². The Morgan fingerprint density at radius 1 is 1.06 bits per heavy atom. The molecule has 0 aliphatic heterocycles. The van der Waals surface area contributed by atoms with Crippen molar-refractivity contribution in [2.24, 2.45) is 0 Å². The van der Waals surface area contributed by atoms with E-state index in [1.807, 2.05) is 31.2 Å². The lowest BCUT2D eigenvalue weighted by Crippen LogP contribution is -1.96. The van der Waals surface area contributed by atoms with Gasteiger partial charge in [0.25, 0.3) is 0 Å². The Labute approximate surface area is 94.9 Å². The van der Waals surface area contributed by atoms with E-state index in [1.165, 1.54) is 5.56 Å². The zero-order valence-electron chi connectivity index (χ0n) is 9.40. The summed E-state index contributed by atoms with van der Waals surface area (Å²) in [6.07, 6.45) is 0. The minimum absolute atomic E-state index is 0.574. The lowest BCUT2D eigenvalue weighted by atomic mass is 10.1. The van der Waals surface area contributed by atoms with Crippen LogP contribution < -0.4 is 10.5 Å². The van der Waals surface area contributed by atoms with Crippen LogP contribution in [-0.4, -0.2) is 12.1 Å². The van der Waals surface area contributed by atoms with Crippen LogP contribution >= 0.6 is 0 Å². The Hall–Kier alpha value is -2.03. The highest BCUT2D eigenvalue weighted by Crippen LogP contribution is 2.26. The maximum atomic E-state index is 5.90. The Morgan fingerprint density at radius 3 is 2.38 bits per heavy atom. The Bertz CT molecular complexity index is 492. The van der Waals surface area contributed by atoms with E-state index >= 15 is 0 Å². The highest BCUT2D eigenvalue weighted by atomic mass is 16.5. The van der Waals surface area contributed by atoms with Crippen molar-refractivity contribution in [2.45, 2.75) is 6.92 Å². The van der Waals surface area contributed by atoms with Crippen LogP contribution in [0.25, 0.3) is 11.3 Å². The molecule has 2 N–H and O–H groups in total. The molecule has 0 aliphatic rings. The number of rotatable bonds is 2. The van der Waals surface area contributed by atoms with Gasteiger partial charge in [-0.25, -0.2) is 4.98 Å². The summed E-state index contributed by atoms with van der Waals surface area (Å²) in [6, 6.07) is 11.7. The minimum atomic E-state index is 0.574. The Morgan fingerprint density at radius 2 is 1.75 bits per heavy atom. The fraction of sp³-hybridized carbons (Fsp3) is 0.154. The van der Waals surface area contributed by atoms with Gasteiger partial charge in [-0.05, 0) is 13.0 Å². The number of hydrogen-bond donors (Lipinski definition) is 1. The number of nitrogens with zero attached hydrogens (tertiary/aromatic N) is 1. The predicted octanol–water partition coefficient (Wildman–Crippen LogP) is 2.65. The minimum Gasteiger partial charge on any atom is -0.481 e. The molecule has 0 radical (unpaired) electrons. The van der Waals surface area contributed by atoms with Crippen molar-refractivity contribution in [3.63, 3.8) is 0 Å². The maximum Gasteiger partial charge on any atom is 0.213 e. The average molecular weight is 214 g/mol. The van der Waals surface area contributed by atoms with E-state index < -0.39 is 0 Å². The fourth-order valence-corrected chi connectivity index (χ4v) is 1.51. The molecule has 0 fully saturated rings. The molecule has 16 heavy (non-hydrogen) atoms. The first-order valence-electron chi connectivity index (χ1n) is 5.08. The summed E-state index contributed by atoms with van der Waals surface area (Å²) in [6.45, 7) is 2.05. The molecule has 0 saturated heterocycles. The van der Waals surface area contributed by atoms with Gasteiger partial charge in [-0.3, -0.25) is 0 Å². The number of aromatic nitrogens is 1. The van der Waals surface area contributed by atoms with Gasteiger partial charge in [0, 0.05) is 11.6 Å². The van der Waals surface area contributed by atoms with Gasteiger partial charge in [0.05, 0.1) is 18.5 Å². The second-order valence-corrected chi connectivity index (χ2v) is 3.66. The second-order valence-electron chi connectivity index (χ2n) is 3.66. The molecule has 0 unspecified atom stereocenters. The Balaban J connectivity index is 2.50. The van der Waals surface area contributed by atoms with Gasteiger partial charge in [0.1, 0.15) is 0 Å². The van der Waals surface area contributed by atoms with Crippen LogP contribution in [0.2, 0.25) is 0 Å². The van der Waals surface area contributed by atoms with E-state index in [1.54, 1.807) is 19.2 Å². The van der Waals surface area contributed by atoms with Gasteiger partial charge in [-0.1, -0.05) is 29.8 Å². The van der Waals surface area contributed by atoms with Gasteiger partial charge < -0.3 is 10.5 Å². The molecule has 1 aromatic heterocycles. The molecule has 1 aromatic carbocycles. The van der Waals surface area contributed by atoms with E-state index in [4.69, 9.17) is 10.5 Å². The van der Waals surface area contributed by atoms with Crippen LogP contribution in [0.15, 0.2) is 36.4 Å². The molecule has 0 aliphatic carbocycles. The molecule has 0 atom stereocenters. The first-order chi connectivity index (χ1) is 7.70. The van der Waals surface area contributed by atoms with Crippen LogP contribution in [-0.2, 0) is 0 Å². The molecule has 1 heterocycles. The lowest BCUT2D eigenvalue weighted by molar-refractivity contribution is 0.398. The quantitative estimate of drug-likeness (QED) is 0.836. The van der Waals surface area contributed by atoms with Crippen molar-refractivity contribution in [3.05, 3.63) is 42.0 Å². The zero-order valence-corrected chi connectivity index (χ0v) is 9.40. The summed E-state index contributed by atoms with van der Waals surface area (Å²) in [5.74, 6) is 0.574. The molecule has 3 heteroatoms. The van der Waals surface area contributed by atoms with Crippen molar-refractivity contribution in [2.75, 3.05) is 12.8 Å². The number of nitrogens with two attached hydrogens (primary N) is 1. The fourth-order valence-electron chi connectivity index (χ4n) is 1.51. The van der Waals surface area contributed by atoms with Crippen molar-refractivity contribution in [1.29, 1.82) is 0 Å². The van der Waals surface area contributed by atoms with Gasteiger partial charge >= 0.3 is 0 Å². The van der Waals surface area contributed by atoms with Crippen molar-refractivity contribution in [1.82, 2.24) is 4.98 Å². The number of pyridine rings is 1. The number of anilines is 1. The zero-order chi connectivity index (χ0) is 11.5. The molecule has 2 aromatic rings. The largest absolute Gasteiger partial charge is 0.481 e. The van der Waals surface area contributed by atoms with Crippen LogP contribution in [0.5, 0.6) is 5.88 Å². The van der Waals surface area contributed by atoms with Crippen molar-refractivity contribution in [3.8, 4) is 17.1 Å². The predicted molar refractivity (Wildman–Crippen MR) is 65.4 cm³/mol. The third kappa shape index (κ3) is 1.98.